The third-order valence-corrected chi connectivity index (χ3v) is 5.33. The van der Waals surface area contributed by atoms with Gasteiger partial charge in [-0.1, -0.05) is 46.5 Å². The third-order valence-electron chi connectivity index (χ3n) is 4.70. The molecule has 0 radical (unpaired) electrons. The van der Waals surface area contributed by atoms with Gasteiger partial charge in [0.2, 0.25) is 11.8 Å². The molecule has 6 heteroatoms. The van der Waals surface area contributed by atoms with Crippen LogP contribution in [0, 0.1) is 0 Å². The molecule has 2 amide bonds. The van der Waals surface area contributed by atoms with E-state index in [-0.39, 0.29) is 17.9 Å². The van der Waals surface area contributed by atoms with Gasteiger partial charge in [-0.3, -0.25) is 14.8 Å². The second kappa shape index (κ2) is 9.99. The maximum Gasteiger partial charge on any atom is 0.243 e. The molecule has 24 heavy (non-hydrogen) atoms. The van der Waals surface area contributed by atoms with Crippen molar-refractivity contribution in [2.24, 2.45) is 0 Å². The van der Waals surface area contributed by atoms with Crippen molar-refractivity contribution in [3.63, 3.8) is 0 Å². The zero-order valence-electron chi connectivity index (χ0n) is 14.0. The van der Waals surface area contributed by atoms with E-state index < -0.39 is 0 Å². The average molecular weight is 399 g/mol. The molecule has 134 valence electrons. The van der Waals surface area contributed by atoms with Crippen LogP contribution in [0.3, 0.4) is 0 Å². The van der Waals surface area contributed by atoms with Gasteiger partial charge in [-0.2, -0.15) is 0 Å². The lowest BCUT2D eigenvalue weighted by atomic mass is 9.82. The van der Waals surface area contributed by atoms with E-state index >= 15 is 0 Å². The van der Waals surface area contributed by atoms with E-state index in [0.29, 0.717) is 17.7 Å². The molecule has 0 aromatic rings. The largest absolute Gasteiger partial charge is 0.349 e. The highest BCUT2D eigenvalue weighted by atomic mass is 79.9. The van der Waals surface area contributed by atoms with Crippen molar-refractivity contribution in [3.05, 3.63) is 23.3 Å². The van der Waals surface area contributed by atoms with Gasteiger partial charge < -0.3 is 5.32 Å². The highest BCUT2D eigenvalue weighted by molar-refractivity contribution is 9.09. The number of hydrogen-bond donors (Lipinski definition) is 3. The Morgan fingerprint density at radius 2 is 1.88 bits per heavy atom. The van der Waals surface area contributed by atoms with Gasteiger partial charge in [0.05, 0.1) is 6.04 Å². The van der Waals surface area contributed by atoms with Crippen LogP contribution in [-0.2, 0) is 9.59 Å². The van der Waals surface area contributed by atoms with E-state index in [1.165, 1.54) is 11.1 Å². The smallest absolute Gasteiger partial charge is 0.243 e. The molecular weight excluding hydrogens is 372 g/mol. The summed E-state index contributed by atoms with van der Waals surface area (Å²) < 4.78 is 0. The van der Waals surface area contributed by atoms with Gasteiger partial charge in [-0.05, 0) is 44.1 Å². The summed E-state index contributed by atoms with van der Waals surface area (Å²) in [6.45, 7) is 0. The minimum atomic E-state index is -0.347. The van der Waals surface area contributed by atoms with Crippen molar-refractivity contribution in [1.82, 2.24) is 10.8 Å². The van der Waals surface area contributed by atoms with Crippen molar-refractivity contribution in [2.75, 3.05) is 0 Å². The minimum absolute atomic E-state index is 0.121. The average Bonchev–Trinajstić information content (AvgIpc) is 2.57. The van der Waals surface area contributed by atoms with Gasteiger partial charge in [-0.25, -0.2) is 5.48 Å². The second-order valence-corrected chi connectivity index (χ2v) is 7.78. The van der Waals surface area contributed by atoms with Crippen molar-refractivity contribution in [3.8, 4) is 0 Å². The van der Waals surface area contributed by atoms with E-state index in [2.05, 4.69) is 33.4 Å². The Morgan fingerprint density at radius 1 is 1.17 bits per heavy atom. The van der Waals surface area contributed by atoms with E-state index in [1.54, 1.807) is 5.48 Å². The summed E-state index contributed by atoms with van der Waals surface area (Å²) in [5.74, 6) is -0.225. The number of hydroxylamine groups is 1. The van der Waals surface area contributed by atoms with Gasteiger partial charge in [0.15, 0.2) is 0 Å². The molecule has 0 aromatic carbocycles. The minimum Gasteiger partial charge on any atom is -0.349 e. The predicted molar refractivity (Wildman–Crippen MR) is 96.9 cm³/mol. The molecular formula is C18H27BrN2O3. The summed E-state index contributed by atoms with van der Waals surface area (Å²) >= 11 is 3.64. The molecule has 2 atom stereocenters. The number of nitrogens with one attached hydrogen (secondary N) is 2. The van der Waals surface area contributed by atoms with E-state index in [4.69, 9.17) is 5.21 Å². The monoisotopic (exact) mass is 398 g/mol. The Bertz CT molecular complexity index is 516. The fourth-order valence-electron chi connectivity index (χ4n) is 3.43. The lowest BCUT2D eigenvalue weighted by Crippen LogP contribution is -2.38. The number of carbonyl (C=O) groups excluding carboxylic acids is 2. The summed E-state index contributed by atoms with van der Waals surface area (Å²) in [7, 11) is 0. The lowest BCUT2D eigenvalue weighted by Gasteiger charge is -2.31. The van der Waals surface area contributed by atoms with Gasteiger partial charge in [0, 0.05) is 17.7 Å². The Hall–Kier alpha value is -1.14. The van der Waals surface area contributed by atoms with Crippen LogP contribution in [0.4, 0.5) is 0 Å². The maximum atomic E-state index is 12.2. The molecule has 0 aromatic heterocycles. The number of hydrogen-bond acceptors (Lipinski definition) is 3. The quantitative estimate of drug-likeness (QED) is 0.253. The second-order valence-electron chi connectivity index (χ2n) is 6.60. The Morgan fingerprint density at radius 3 is 2.58 bits per heavy atom. The molecule has 2 aliphatic rings. The van der Waals surface area contributed by atoms with Crippen LogP contribution < -0.4 is 10.8 Å². The maximum absolute atomic E-state index is 12.2. The van der Waals surface area contributed by atoms with Crippen molar-refractivity contribution >= 4 is 27.7 Å². The molecule has 0 saturated carbocycles. The molecule has 3 N–H and O–H groups in total. The van der Waals surface area contributed by atoms with Crippen LogP contribution in [0.15, 0.2) is 23.3 Å². The molecule has 0 saturated heterocycles. The summed E-state index contributed by atoms with van der Waals surface area (Å²) in [6, 6.07) is 0.172. The number of alkyl halides is 1. The van der Waals surface area contributed by atoms with Crippen LogP contribution in [0.25, 0.3) is 0 Å². The Kier molecular flexibility index (Phi) is 7.99. The molecule has 0 heterocycles. The van der Waals surface area contributed by atoms with Crippen molar-refractivity contribution < 1.29 is 14.8 Å². The van der Waals surface area contributed by atoms with Crippen LogP contribution in [0.2, 0.25) is 0 Å². The highest BCUT2D eigenvalue weighted by Crippen LogP contribution is 2.34. The fourth-order valence-corrected chi connectivity index (χ4v) is 3.97. The number of unbranched alkanes of at least 4 members (excludes halogenated alkanes) is 3. The Labute approximate surface area is 152 Å². The molecule has 2 rings (SSSR count). The summed E-state index contributed by atoms with van der Waals surface area (Å²) in [5, 5.41) is 11.6. The zero-order valence-corrected chi connectivity index (χ0v) is 15.6. The van der Waals surface area contributed by atoms with Gasteiger partial charge in [-0.15, -0.1) is 0 Å². The molecule has 0 bridgehead atoms. The number of amides is 2. The third kappa shape index (κ3) is 6.06. The first-order chi connectivity index (χ1) is 11.6. The Balaban J connectivity index is 1.66. The standard InChI is InChI=1S/C18H27BrN2O3/c19-14-10-11-15-13(12-14)6-5-7-16(15)20-17(22)8-3-1-2-4-9-18(23)21-24/h10-11,14,16,24H,1-9,12H2,(H,20,22)(H,21,23). The number of rotatable bonds is 8. The molecule has 2 unspecified atom stereocenters. The first-order valence-electron chi connectivity index (χ1n) is 8.86. The first-order valence-corrected chi connectivity index (χ1v) is 9.78. The highest BCUT2D eigenvalue weighted by Gasteiger charge is 2.25. The van der Waals surface area contributed by atoms with Crippen LogP contribution in [0.5, 0.6) is 0 Å². The molecule has 0 fully saturated rings. The summed E-state index contributed by atoms with van der Waals surface area (Å²) in [4.78, 5) is 23.5. The van der Waals surface area contributed by atoms with Gasteiger partial charge in [0.25, 0.3) is 0 Å². The van der Waals surface area contributed by atoms with Crippen LogP contribution in [-0.4, -0.2) is 27.9 Å². The molecule has 0 spiro atoms. The zero-order chi connectivity index (χ0) is 17.4. The molecule has 5 nitrogen and oxygen atoms in total. The number of halogens is 1. The first kappa shape index (κ1) is 19.2. The summed E-state index contributed by atoms with van der Waals surface area (Å²) in [6.07, 6.45) is 13.0. The van der Waals surface area contributed by atoms with Gasteiger partial charge in [0.1, 0.15) is 0 Å². The SMILES string of the molecule is O=C(CCCCCCC(=O)NC1CCCC2=C1C=CC(Br)C2)NO. The van der Waals surface area contributed by atoms with Crippen molar-refractivity contribution in [1.29, 1.82) is 0 Å². The van der Waals surface area contributed by atoms with E-state index in [0.717, 1.165) is 51.4 Å². The van der Waals surface area contributed by atoms with E-state index in [9.17, 15) is 9.59 Å². The van der Waals surface area contributed by atoms with Crippen LogP contribution >= 0.6 is 15.9 Å². The predicted octanol–water partition coefficient (Wildman–Crippen LogP) is 3.52. The number of allylic oxidation sites excluding steroid dienone is 2. The van der Waals surface area contributed by atoms with Crippen molar-refractivity contribution in [2.45, 2.75) is 75.1 Å². The summed E-state index contributed by atoms with van der Waals surface area (Å²) in [5.41, 5.74) is 4.43. The molecule has 2 aliphatic carbocycles. The molecule has 0 aliphatic heterocycles. The van der Waals surface area contributed by atoms with E-state index in [1.807, 2.05) is 0 Å². The van der Waals surface area contributed by atoms with Crippen LogP contribution in [0.1, 0.15) is 64.2 Å². The fraction of sp³-hybridized carbons (Fsp3) is 0.667. The lowest BCUT2D eigenvalue weighted by molar-refractivity contribution is -0.129. The van der Waals surface area contributed by atoms with Gasteiger partial charge >= 0.3 is 0 Å². The number of carbonyl (C=O) groups is 2. The topological polar surface area (TPSA) is 78.4 Å². The normalized spacial score (nSPS) is 22.9.